The number of allylic oxidation sites excluding steroid dienone is 2. The first-order valence-electron chi connectivity index (χ1n) is 5.79. The molecule has 2 nitrogen and oxygen atoms in total. The summed E-state index contributed by atoms with van der Waals surface area (Å²) >= 11 is 0. The number of hydrogen-bond donors (Lipinski definition) is 0. The lowest BCUT2D eigenvalue weighted by molar-refractivity contribution is 0.140. The van der Waals surface area contributed by atoms with Crippen LogP contribution in [0.15, 0.2) is 11.1 Å². The third kappa shape index (κ3) is 7.56. The van der Waals surface area contributed by atoms with E-state index >= 15 is 0 Å². The zero-order valence-electron chi connectivity index (χ0n) is 11.5. The van der Waals surface area contributed by atoms with Gasteiger partial charge in [-0.25, -0.2) is 0 Å². The molecular weight excluding hydrogens is 199 g/mol. The highest BCUT2D eigenvalue weighted by atomic mass is 16.6. The maximum absolute atomic E-state index is 5.57. The first-order valence-corrected chi connectivity index (χ1v) is 5.79. The van der Waals surface area contributed by atoms with Crippen LogP contribution in [0.4, 0.5) is 0 Å². The molecule has 0 fully saturated rings. The molecule has 0 rings (SSSR count). The second-order valence-corrected chi connectivity index (χ2v) is 4.60. The molecule has 0 aromatic rings. The molecule has 16 heavy (non-hydrogen) atoms. The first kappa shape index (κ1) is 15.3. The van der Waals surface area contributed by atoms with Crippen molar-refractivity contribution in [3.05, 3.63) is 11.1 Å². The summed E-state index contributed by atoms with van der Waals surface area (Å²) in [6.07, 6.45) is 0.232. The van der Waals surface area contributed by atoms with Crippen LogP contribution in [0.2, 0.25) is 0 Å². The van der Waals surface area contributed by atoms with E-state index in [2.05, 4.69) is 11.7 Å². The third-order valence-corrected chi connectivity index (χ3v) is 1.92. The molecule has 0 aliphatic carbocycles. The molecule has 3 heteroatoms. The Kier molecular flexibility index (Phi) is 7.20. The van der Waals surface area contributed by atoms with Gasteiger partial charge in [0.15, 0.2) is 0 Å². The molecule has 0 aliphatic rings. The number of hydrogen-bond acceptors (Lipinski definition) is 2. The van der Waals surface area contributed by atoms with Crippen LogP contribution in [0.1, 0.15) is 48.5 Å². The Bertz CT molecular complexity index is 281. The zero-order chi connectivity index (χ0) is 12.7. The van der Waals surface area contributed by atoms with Crippen molar-refractivity contribution in [3.8, 4) is 11.7 Å². The van der Waals surface area contributed by atoms with Gasteiger partial charge in [-0.2, -0.15) is 0 Å². The van der Waals surface area contributed by atoms with Gasteiger partial charge in [0.05, 0.1) is 0 Å². The van der Waals surface area contributed by atoms with Gasteiger partial charge in [0.25, 0.3) is 0 Å². The molecule has 0 unspecified atom stereocenters. The van der Waals surface area contributed by atoms with Crippen LogP contribution < -0.4 is 0 Å². The smallest absolute Gasteiger partial charge is 0.398 e. The van der Waals surface area contributed by atoms with Crippen molar-refractivity contribution in [2.45, 2.75) is 60.7 Å². The summed E-state index contributed by atoms with van der Waals surface area (Å²) in [4.78, 5) is 0. The van der Waals surface area contributed by atoms with Crippen LogP contribution in [0, 0.1) is 11.7 Å². The molecule has 0 amide bonds. The molecule has 0 aromatic carbocycles. The van der Waals surface area contributed by atoms with Gasteiger partial charge >= 0.3 is 7.12 Å². The van der Waals surface area contributed by atoms with E-state index < -0.39 is 7.12 Å². The molecule has 90 valence electrons. The molecule has 0 saturated heterocycles. The summed E-state index contributed by atoms with van der Waals surface area (Å²) in [5.41, 5.74) is 2.30. The van der Waals surface area contributed by atoms with Crippen molar-refractivity contribution < 1.29 is 9.31 Å². The SMILES string of the molecule is CC(C)=C(C)C#CB(OC(C)C)OC(C)C. The van der Waals surface area contributed by atoms with Gasteiger partial charge in [0.1, 0.15) is 0 Å². The summed E-state index contributed by atoms with van der Waals surface area (Å²) in [5, 5.41) is 0. The standard InChI is InChI=1S/C13H23BO2/c1-10(2)13(7)8-9-14(15-11(3)4)16-12(5)6/h11-12H,1-7H3. The van der Waals surface area contributed by atoms with Gasteiger partial charge in [0.2, 0.25) is 0 Å². The third-order valence-electron chi connectivity index (χ3n) is 1.92. The van der Waals surface area contributed by atoms with Crippen molar-refractivity contribution in [2.75, 3.05) is 0 Å². The van der Waals surface area contributed by atoms with Crippen LogP contribution in [0.5, 0.6) is 0 Å². The first-order chi connectivity index (χ1) is 7.32. The molecule has 0 heterocycles. The van der Waals surface area contributed by atoms with Crippen molar-refractivity contribution in [2.24, 2.45) is 0 Å². The molecule has 0 saturated carbocycles. The lowest BCUT2D eigenvalue weighted by Crippen LogP contribution is -2.28. The van der Waals surface area contributed by atoms with Crippen molar-refractivity contribution in [1.29, 1.82) is 0 Å². The van der Waals surface area contributed by atoms with Gasteiger partial charge in [-0.3, -0.25) is 0 Å². The summed E-state index contributed by atoms with van der Waals surface area (Å²) in [6, 6.07) is 0. The highest BCUT2D eigenvalue weighted by Gasteiger charge is 2.18. The molecule has 0 N–H and O–H groups in total. The van der Waals surface area contributed by atoms with Crippen LogP contribution >= 0.6 is 0 Å². The van der Waals surface area contributed by atoms with Crippen molar-refractivity contribution in [1.82, 2.24) is 0 Å². The number of rotatable bonds is 4. The molecular formula is C13H23BO2. The van der Waals surface area contributed by atoms with Crippen LogP contribution in [-0.2, 0) is 9.31 Å². The van der Waals surface area contributed by atoms with Crippen LogP contribution in [0.3, 0.4) is 0 Å². The maximum Gasteiger partial charge on any atom is 0.550 e. The van der Waals surface area contributed by atoms with Gasteiger partial charge in [-0.15, -0.1) is 0 Å². The lowest BCUT2D eigenvalue weighted by Gasteiger charge is -2.14. The van der Waals surface area contributed by atoms with E-state index in [-0.39, 0.29) is 12.2 Å². The Labute approximate surface area is 101 Å². The summed E-state index contributed by atoms with van der Waals surface area (Å²) in [7, 11) is -0.436. The summed E-state index contributed by atoms with van der Waals surface area (Å²) in [6.45, 7) is 14.0. The predicted octanol–water partition coefficient (Wildman–Crippen LogP) is 3.22. The molecule has 0 spiro atoms. The Morgan fingerprint density at radius 3 is 1.69 bits per heavy atom. The second kappa shape index (κ2) is 7.54. The highest BCUT2D eigenvalue weighted by Crippen LogP contribution is 2.02. The van der Waals surface area contributed by atoms with E-state index in [0.29, 0.717) is 0 Å². The van der Waals surface area contributed by atoms with E-state index in [1.807, 2.05) is 48.5 Å². The normalized spacial score (nSPS) is 10.1. The van der Waals surface area contributed by atoms with Gasteiger partial charge in [-0.1, -0.05) is 17.3 Å². The monoisotopic (exact) mass is 222 g/mol. The largest absolute Gasteiger partial charge is 0.550 e. The van der Waals surface area contributed by atoms with Gasteiger partial charge in [-0.05, 0) is 54.0 Å². The predicted molar refractivity (Wildman–Crippen MR) is 70.0 cm³/mol. The second-order valence-electron chi connectivity index (χ2n) is 4.60. The summed E-state index contributed by atoms with van der Waals surface area (Å²) in [5.74, 6) is 6.08. The van der Waals surface area contributed by atoms with E-state index in [0.717, 1.165) is 5.57 Å². The Morgan fingerprint density at radius 1 is 0.938 bits per heavy atom. The average molecular weight is 222 g/mol. The van der Waals surface area contributed by atoms with Crippen LogP contribution in [0.25, 0.3) is 0 Å². The fourth-order valence-corrected chi connectivity index (χ4v) is 0.887. The van der Waals surface area contributed by atoms with Crippen LogP contribution in [-0.4, -0.2) is 19.3 Å². The Morgan fingerprint density at radius 2 is 1.38 bits per heavy atom. The van der Waals surface area contributed by atoms with Gasteiger partial charge in [0, 0.05) is 12.2 Å². The Balaban J connectivity index is 4.59. The minimum atomic E-state index is -0.436. The molecule has 0 atom stereocenters. The average Bonchev–Trinajstić information content (AvgIpc) is 2.11. The maximum atomic E-state index is 5.57. The highest BCUT2D eigenvalue weighted by molar-refractivity contribution is 6.54. The quantitative estimate of drug-likeness (QED) is 0.537. The minimum absolute atomic E-state index is 0.116. The van der Waals surface area contributed by atoms with E-state index in [4.69, 9.17) is 9.31 Å². The zero-order valence-corrected chi connectivity index (χ0v) is 11.5. The molecule has 0 aromatic heterocycles. The molecule has 0 aliphatic heterocycles. The minimum Gasteiger partial charge on any atom is -0.398 e. The topological polar surface area (TPSA) is 18.5 Å². The molecule has 0 bridgehead atoms. The van der Waals surface area contributed by atoms with Gasteiger partial charge < -0.3 is 9.31 Å². The van der Waals surface area contributed by atoms with E-state index in [9.17, 15) is 0 Å². The fourth-order valence-electron chi connectivity index (χ4n) is 0.887. The Hall–Kier alpha value is -0.715. The van der Waals surface area contributed by atoms with E-state index in [1.54, 1.807) is 0 Å². The lowest BCUT2D eigenvalue weighted by atomic mass is 9.89. The summed E-state index contributed by atoms with van der Waals surface area (Å²) < 4.78 is 11.1. The van der Waals surface area contributed by atoms with Crippen molar-refractivity contribution >= 4 is 7.12 Å². The molecule has 0 radical (unpaired) electrons. The van der Waals surface area contributed by atoms with E-state index in [1.165, 1.54) is 5.57 Å². The van der Waals surface area contributed by atoms with Crippen molar-refractivity contribution in [3.63, 3.8) is 0 Å². The fraction of sp³-hybridized carbons (Fsp3) is 0.692.